The first kappa shape index (κ1) is 18.1. The molecule has 0 radical (unpaired) electrons. The number of likely N-dealkylation sites (N-methyl/N-ethyl adjacent to an activating group) is 2. The van der Waals surface area contributed by atoms with E-state index in [0.29, 0.717) is 18.3 Å². The number of guanidine groups is 1. The number of β-amino-alcohol motifs (C(OH)–C–C–N with tert-alkyl or cyclic N) is 1. The van der Waals surface area contributed by atoms with E-state index in [-0.39, 0.29) is 12.5 Å². The predicted octanol–water partition coefficient (Wildman–Crippen LogP) is 0.393. The second-order valence-electron chi connectivity index (χ2n) is 6.44. The molecule has 0 saturated carbocycles. The lowest BCUT2D eigenvalue weighted by atomic mass is 10.1. The Labute approximate surface area is 152 Å². The molecule has 1 saturated heterocycles. The molecule has 1 fully saturated rings. The zero-order valence-electron chi connectivity index (χ0n) is 15.2. The van der Waals surface area contributed by atoms with Gasteiger partial charge in [0, 0.05) is 14.1 Å². The number of aliphatic hydroxyl groups is 1. The van der Waals surface area contributed by atoms with E-state index in [0.717, 1.165) is 16.9 Å². The number of hydrogen-bond donors (Lipinski definition) is 2. The number of benzene rings is 1. The molecule has 0 aromatic heterocycles. The van der Waals surface area contributed by atoms with Crippen LogP contribution in [0.3, 0.4) is 0 Å². The number of carbonyl (C=O) groups is 2. The average molecular weight is 358 g/mol. The number of amidine groups is 1. The monoisotopic (exact) mass is 358 g/mol. The minimum atomic E-state index is -0.787. The van der Waals surface area contributed by atoms with Crippen LogP contribution in [0, 0.1) is 0 Å². The van der Waals surface area contributed by atoms with E-state index in [1.54, 1.807) is 11.6 Å². The van der Waals surface area contributed by atoms with Crippen LogP contribution in [-0.4, -0.2) is 76.4 Å². The van der Waals surface area contributed by atoms with Crippen molar-refractivity contribution in [1.82, 2.24) is 15.1 Å². The molecule has 2 aliphatic heterocycles. The third kappa shape index (κ3) is 3.08. The van der Waals surface area contributed by atoms with E-state index >= 15 is 0 Å². The van der Waals surface area contributed by atoms with Gasteiger partial charge in [0.1, 0.15) is 6.10 Å². The summed E-state index contributed by atoms with van der Waals surface area (Å²) in [6.07, 6.45) is 0.0988. The minimum absolute atomic E-state index is 0.190. The van der Waals surface area contributed by atoms with Crippen LogP contribution in [0.15, 0.2) is 35.3 Å². The van der Waals surface area contributed by atoms with Crippen molar-refractivity contribution in [2.24, 2.45) is 4.99 Å². The van der Waals surface area contributed by atoms with Gasteiger partial charge in [0.05, 0.1) is 13.1 Å². The normalized spacial score (nSPS) is 21.1. The topological polar surface area (TPSA) is 88.2 Å². The predicted molar refractivity (Wildman–Crippen MR) is 97.0 cm³/mol. The second-order valence-corrected chi connectivity index (χ2v) is 6.44. The summed E-state index contributed by atoms with van der Waals surface area (Å²) in [6, 6.07) is 8.14. The minimum Gasteiger partial charge on any atom is -0.385 e. The molecule has 3 rings (SSSR count). The number of amides is 3. The highest BCUT2D eigenvalue weighted by Gasteiger charge is 2.51. The summed E-state index contributed by atoms with van der Waals surface area (Å²) in [4.78, 5) is 31.9. The van der Waals surface area contributed by atoms with Crippen LogP contribution in [0.25, 0.3) is 0 Å². The maximum atomic E-state index is 12.7. The van der Waals surface area contributed by atoms with Gasteiger partial charge in [-0.05, 0) is 12.0 Å². The van der Waals surface area contributed by atoms with Crippen molar-refractivity contribution >= 4 is 23.7 Å². The van der Waals surface area contributed by atoms with Crippen molar-refractivity contribution in [3.63, 3.8) is 0 Å². The van der Waals surface area contributed by atoms with Gasteiger partial charge in [-0.3, -0.25) is 19.9 Å². The Morgan fingerprint density at radius 2 is 1.92 bits per heavy atom. The Bertz CT molecular complexity index is 774. The lowest BCUT2D eigenvalue weighted by Gasteiger charge is -2.32. The lowest BCUT2D eigenvalue weighted by molar-refractivity contribution is -0.546. The fraction of sp³-hybridized carbons (Fsp3) is 0.444. The summed E-state index contributed by atoms with van der Waals surface area (Å²) in [5.41, 5.74) is 0.761. The Morgan fingerprint density at radius 1 is 1.23 bits per heavy atom. The van der Waals surface area contributed by atoms with Gasteiger partial charge >= 0.3 is 12.0 Å². The quantitative estimate of drug-likeness (QED) is 0.746. The number of rotatable bonds is 5. The van der Waals surface area contributed by atoms with Gasteiger partial charge in [-0.2, -0.15) is 0 Å². The third-order valence-corrected chi connectivity index (χ3v) is 4.62. The summed E-state index contributed by atoms with van der Waals surface area (Å²) >= 11 is 0. The lowest BCUT2D eigenvalue weighted by Crippen LogP contribution is -2.61. The van der Waals surface area contributed by atoms with Crippen molar-refractivity contribution in [3.8, 4) is 0 Å². The first-order valence-corrected chi connectivity index (χ1v) is 8.70. The summed E-state index contributed by atoms with van der Waals surface area (Å²) in [5, 5.41) is 13.8. The van der Waals surface area contributed by atoms with E-state index in [4.69, 9.17) is 0 Å². The summed E-state index contributed by atoms with van der Waals surface area (Å²) in [5.74, 6) is 0.544. The number of aliphatic hydroxyl groups excluding tert-OH is 1. The van der Waals surface area contributed by atoms with Crippen LogP contribution in [0.4, 0.5) is 4.79 Å². The van der Waals surface area contributed by atoms with Crippen LogP contribution in [-0.2, 0) is 4.79 Å². The van der Waals surface area contributed by atoms with Gasteiger partial charge in [-0.15, -0.1) is 0 Å². The molecule has 1 aromatic rings. The molecule has 2 unspecified atom stereocenters. The fourth-order valence-electron chi connectivity index (χ4n) is 3.14. The molecule has 3 amide bonds. The van der Waals surface area contributed by atoms with Crippen LogP contribution >= 0.6 is 0 Å². The van der Waals surface area contributed by atoms with E-state index < -0.39 is 18.2 Å². The molecule has 2 atom stereocenters. The number of hydrogen-bond acceptors (Lipinski definition) is 5. The molecular weight excluding hydrogens is 334 g/mol. The SMILES string of the molecule is CCCNC1=[N+](CC(O)c2ccccc2)C2C(=O)N(C)C(=O)N(C)C2=N1. The average Bonchev–Trinajstić information content (AvgIpc) is 3.02. The maximum absolute atomic E-state index is 12.7. The van der Waals surface area contributed by atoms with Gasteiger partial charge in [0.15, 0.2) is 0 Å². The number of fused-ring (bicyclic) bond motifs is 1. The number of carbonyl (C=O) groups excluding carboxylic acids is 2. The molecule has 8 heteroatoms. The fourth-order valence-corrected chi connectivity index (χ4v) is 3.14. The Kier molecular flexibility index (Phi) is 5.03. The molecular formula is C18H24N5O3+. The highest BCUT2D eigenvalue weighted by molar-refractivity contribution is 6.22. The number of aliphatic imine (C=N–C) groups is 1. The molecule has 0 aliphatic carbocycles. The first-order chi connectivity index (χ1) is 12.5. The molecule has 2 N–H and O–H groups in total. The molecule has 2 heterocycles. The van der Waals surface area contributed by atoms with E-state index in [1.165, 1.54) is 11.9 Å². The summed E-state index contributed by atoms with van der Waals surface area (Å²) < 4.78 is 1.74. The molecule has 2 aliphatic rings. The van der Waals surface area contributed by atoms with E-state index in [9.17, 15) is 14.7 Å². The zero-order valence-corrected chi connectivity index (χ0v) is 15.2. The van der Waals surface area contributed by atoms with Crippen molar-refractivity contribution in [2.45, 2.75) is 25.5 Å². The highest BCUT2D eigenvalue weighted by atomic mass is 16.3. The largest absolute Gasteiger partial charge is 0.390 e. The van der Waals surface area contributed by atoms with Crippen molar-refractivity contribution in [1.29, 1.82) is 0 Å². The summed E-state index contributed by atoms with van der Waals surface area (Å²) in [6.45, 7) is 2.90. The van der Waals surface area contributed by atoms with Crippen LogP contribution < -0.4 is 5.32 Å². The van der Waals surface area contributed by atoms with Gasteiger partial charge in [0.2, 0.25) is 11.9 Å². The number of nitrogens with one attached hydrogen (secondary N) is 1. The number of imide groups is 1. The second kappa shape index (κ2) is 7.25. The van der Waals surface area contributed by atoms with Crippen molar-refractivity contribution < 1.29 is 19.3 Å². The van der Waals surface area contributed by atoms with Gasteiger partial charge < -0.3 is 5.11 Å². The first-order valence-electron chi connectivity index (χ1n) is 8.70. The van der Waals surface area contributed by atoms with Gasteiger partial charge in [0.25, 0.3) is 5.91 Å². The molecule has 26 heavy (non-hydrogen) atoms. The number of urea groups is 1. The standard InChI is InChI=1S/C18H23N5O3/c1-4-10-19-17-20-15-14(16(25)22(3)18(26)21(15)2)23(17)11-13(24)12-8-6-5-7-9-12/h5-9,13-14,24H,4,10-11H2,1-3H3/p+1. The van der Waals surface area contributed by atoms with Crippen molar-refractivity contribution in [3.05, 3.63) is 35.9 Å². The molecule has 0 spiro atoms. The highest BCUT2D eigenvalue weighted by Crippen LogP contribution is 2.21. The number of nitrogens with zero attached hydrogens (tertiary/aromatic N) is 4. The van der Waals surface area contributed by atoms with Crippen LogP contribution in [0.2, 0.25) is 0 Å². The molecule has 138 valence electrons. The Hall–Kier alpha value is -2.74. The van der Waals surface area contributed by atoms with Crippen LogP contribution in [0.1, 0.15) is 25.0 Å². The third-order valence-electron chi connectivity index (χ3n) is 4.62. The van der Waals surface area contributed by atoms with E-state index in [2.05, 4.69) is 10.3 Å². The van der Waals surface area contributed by atoms with Gasteiger partial charge in [-0.1, -0.05) is 42.2 Å². The maximum Gasteiger partial charge on any atom is 0.390 e. The van der Waals surface area contributed by atoms with Crippen LogP contribution in [0.5, 0.6) is 0 Å². The van der Waals surface area contributed by atoms with E-state index in [1.807, 2.05) is 37.3 Å². The molecule has 8 nitrogen and oxygen atoms in total. The Morgan fingerprint density at radius 3 is 2.58 bits per heavy atom. The smallest absolute Gasteiger partial charge is 0.385 e. The summed E-state index contributed by atoms with van der Waals surface area (Å²) in [7, 11) is 3.06. The molecule has 0 bridgehead atoms. The van der Waals surface area contributed by atoms with Crippen molar-refractivity contribution in [2.75, 3.05) is 27.2 Å². The van der Waals surface area contributed by atoms with Gasteiger partial charge in [-0.25, -0.2) is 9.37 Å². The Balaban J connectivity index is 1.94. The zero-order chi connectivity index (χ0) is 18.8. The molecule has 1 aromatic carbocycles.